The second-order valence-electron chi connectivity index (χ2n) is 5.28. The fourth-order valence-corrected chi connectivity index (χ4v) is 2.96. The second kappa shape index (κ2) is 9.65. The first kappa shape index (κ1) is 19.6. The highest BCUT2D eigenvalue weighted by atomic mass is 35.5. The Bertz CT molecular complexity index is 692. The van der Waals surface area contributed by atoms with Crippen LogP contribution < -0.4 is 11.2 Å². The van der Waals surface area contributed by atoms with Crippen LogP contribution in [0.25, 0.3) is 11.4 Å². The number of ether oxygens (including phenoxy) is 1. The van der Waals surface area contributed by atoms with Crippen molar-refractivity contribution in [1.82, 2.24) is 20.2 Å². The number of hydrogen-bond donors (Lipinski definition) is 2. The lowest BCUT2D eigenvalue weighted by atomic mass is 10.2. The Morgan fingerprint density at radius 1 is 1.40 bits per heavy atom. The zero-order chi connectivity index (χ0) is 18.2. The topological polar surface area (TPSA) is 95.1 Å². The van der Waals surface area contributed by atoms with Gasteiger partial charge >= 0.3 is 0 Å². The smallest absolute Gasteiger partial charge is 0.233 e. The van der Waals surface area contributed by atoms with Crippen LogP contribution in [-0.2, 0) is 9.53 Å². The molecule has 2 rings (SSSR count). The van der Waals surface area contributed by atoms with E-state index < -0.39 is 0 Å². The summed E-state index contributed by atoms with van der Waals surface area (Å²) in [7, 11) is 0. The standard InChI is InChI=1S/C16H22ClN5O2S/c1-3-24-10-4-9-19-15(23)11(2)25-16-21-20-14(22(16)18)12-5-7-13(17)8-6-12/h5-8,11H,3-4,9-10,18H2,1-2H3,(H,19,23). The maximum Gasteiger partial charge on any atom is 0.233 e. The molecule has 0 saturated heterocycles. The largest absolute Gasteiger partial charge is 0.382 e. The molecule has 0 aliphatic rings. The highest BCUT2D eigenvalue weighted by molar-refractivity contribution is 8.00. The molecule has 0 spiro atoms. The number of nitrogens with zero attached hydrogens (tertiary/aromatic N) is 3. The van der Waals surface area contributed by atoms with Crippen LogP contribution in [0.1, 0.15) is 20.3 Å². The molecule has 0 bridgehead atoms. The van der Waals surface area contributed by atoms with Crippen molar-refractivity contribution < 1.29 is 9.53 Å². The van der Waals surface area contributed by atoms with Gasteiger partial charge in [-0.3, -0.25) is 4.79 Å². The number of rotatable bonds is 9. The van der Waals surface area contributed by atoms with Gasteiger partial charge in [0.25, 0.3) is 0 Å². The molecule has 1 amide bonds. The predicted molar refractivity (Wildman–Crippen MR) is 100 cm³/mol. The third-order valence-corrected chi connectivity index (χ3v) is 4.70. The number of hydrogen-bond acceptors (Lipinski definition) is 6. The summed E-state index contributed by atoms with van der Waals surface area (Å²) in [6.07, 6.45) is 0.782. The highest BCUT2D eigenvalue weighted by Gasteiger charge is 2.19. The first-order chi connectivity index (χ1) is 12.0. The van der Waals surface area contributed by atoms with Gasteiger partial charge in [-0.2, -0.15) is 0 Å². The van der Waals surface area contributed by atoms with Crippen LogP contribution in [0.15, 0.2) is 29.4 Å². The first-order valence-corrected chi connectivity index (χ1v) is 9.27. The predicted octanol–water partition coefficient (Wildman–Crippen LogP) is 2.34. The van der Waals surface area contributed by atoms with Crippen molar-refractivity contribution in [1.29, 1.82) is 0 Å². The van der Waals surface area contributed by atoms with E-state index in [1.807, 2.05) is 19.1 Å². The van der Waals surface area contributed by atoms with Crippen molar-refractivity contribution in [3.63, 3.8) is 0 Å². The van der Waals surface area contributed by atoms with Crippen molar-refractivity contribution in [2.24, 2.45) is 0 Å². The van der Waals surface area contributed by atoms with E-state index in [0.29, 0.717) is 35.8 Å². The van der Waals surface area contributed by atoms with Gasteiger partial charge in [0.2, 0.25) is 11.1 Å². The summed E-state index contributed by atoms with van der Waals surface area (Å²) in [6, 6.07) is 7.16. The normalized spacial score (nSPS) is 12.1. The minimum absolute atomic E-state index is 0.0717. The van der Waals surface area contributed by atoms with Crippen molar-refractivity contribution in [3.05, 3.63) is 29.3 Å². The molecule has 136 valence electrons. The number of carbonyl (C=O) groups excluding carboxylic acids is 1. The lowest BCUT2D eigenvalue weighted by Gasteiger charge is -2.11. The molecule has 1 unspecified atom stereocenters. The van der Waals surface area contributed by atoms with Crippen LogP contribution in [-0.4, -0.2) is 45.8 Å². The molecule has 7 nitrogen and oxygen atoms in total. The summed E-state index contributed by atoms with van der Waals surface area (Å²) in [6.45, 7) is 5.65. The number of benzene rings is 1. The van der Waals surface area contributed by atoms with Gasteiger partial charge in [0, 0.05) is 30.3 Å². The number of nitrogens with one attached hydrogen (secondary N) is 1. The molecule has 0 aliphatic heterocycles. The molecule has 0 saturated carbocycles. The average molecular weight is 384 g/mol. The van der Waals surface area contributed by atoms with E-state index in [1.54, 1.807) is 19.1 Å². The molecular weight excluding hydrogens is 362 g/mol. The van der Waals surface area contributed by atoms with Crippen LogP contribution in [0.4, 0.5) is 0 Å². The summed E-state index contributed by atoms with van der Waals surface area (Å²) in [5.41, 5.74) is 0.805. The summed E-state index contributed by atoms with van der Waals surface area (Å²) in [5.74, 6) is 6.51. The fourth-order valence-electron chi connectivity index (χ4n) is 2.04. The lowest BCUT2D eigenvalue weighted by Crippen LogP contribution is -2.32. The molecule has 0 fully saturated rings. The van der Waals surface area contributed by atoms with Gasteiger partial charge in [0.15, 0.2) is 5.82 Å². The zero-order valence-corrected chi connectivity index (χ0v) is 15.8. The molecule has 1 heterocycles. The fraction of sp³-hybridized carbons (Fsp3) is 0.438. The van der Waals surface area contributed by atoms with E-state index in [1.165, 1.54) is 16.4 Å². The molecule has 0 aliphatic carbocycles. The Kier molecular flexibility index (Phi) is 7.54. The van der Waals surface area contributed by atoms with Crippen molar-refractivity contribution in [3.8, 4) is 11.4 Å². The Balaban J connectivity index is 1.92. The van der Waals surface area contributed by atoms with E-state index >= 15 is 0 Å². The van der Waals surface area contributed by atoms with Crippen LogP contribution in [0.3, 0.4) is 0 Å². The van der Waals surface area contributed by atoms with E-state index in [2.05, 4.69) is 15.5 Å². The average Bonchev–Trinajstić information content (AvgIpc) is 2.96. The zero-order valence-electron chi connectivity index (χ0n) is 14.2. The monoisotopic (exact) mass is 383 g/mol. The molecule has 3 N–H and O–H groups in total. The minimum Gasteiger partial charge on any atom is -0.382 e. The summed E-state index contributed by atoms with van der Waals surface area (Å²) >= 11 is 7.15. The molecule has 2 aromatic rings. The SMILES string of the molecule is CCOCCCNC(=O)C(C)Sc1nnc(-c2ccc(Cl)cc2)n1N. The number of carbonyl (C=O) groups is 1. The quantitative estimate of drug-likeness (QED) is 0.392. The summed E-state index contributed by atoms with van der Waals surface area (Å²) in [5, 5.41) is 11.8. The Hall–Kier alpha value is -1.77. The van der Waals surface area contributed by atoms with E-state index in [0.717, 1.165) is 12.0 Å². The van der Waals surface area contributed by atoms with Gasteiger partial charge in [-0.25, -0.2) is 4.68 Å². The van der Waals surface area contributed by atoms with E-state index in [4.69, 9.17) is 22.2 Å². The number of nitrogens with two attached hydrogens (primary N) is 1. The molecule has 0 radical (unpaired) electrons. The Morgan fingerprint density at radius 2 is 2.12 bits per heavy atom. The Labute approximate surface area is 156 Å². The summed E-state index contributed by atoms with van der Waals surface area (Å²) in [4.78, 5) is 12.1. The van der Waals surface area contributed by atoms with Crippen LogP contribution in [0.2, 0.25) is 5.02 Å². The van der Waals surface area contributed by atoms with E-state index in [-0.39, 0.29) is 11.2 Å². The molecule has 9 heteroatoms. The third-order valence-electron chi connectivity index (χ3n) is 3.39. The summed E-state index contributed by atoms with van der Waals surface area (Å²) < 4.78 is 6.62. The molecule has 1 aromatic heterocycles. The van der Waals surface area contributed by atoms with Crippen LogP contribution >= 0.6 is 23.4 Å². The van der Waals surface area contributed by atoms with Gasteiger partial charge in [0.05, 0.1) is 5.25 Å². The molecular formula is C16H22ClN5O2S. The Morgan fingerprint density at radius 3 is 2.80 bits per heavy atom. The van der Waals surface area contributed by atoms with Crippen LogP contribution in [0, 0.1) is 0 Å². The maximum absolute atomic E-state index is 12.1. The second-order valence-corrected chi connectivity index (χ2v) is 7.03. The van der Waals surface area contributed by atoms with E-state index in [9.17, 15) is 4.79 Å². The van der Waals surface area contributed by atoms with Gasteiger partial charge in [0.1, 0.15) is 0 Å². The maximum atomic E-state index is 12.1. The van der Waals surface area contributed by atoms with Crippen LogP contribution in [0.5, 0.6) is 0 Å². The number of amides is 1. The van der Waals surface area contributed by atoms with Crippen molar-refractivity contribution in [2.75, 3.05) is 25.6 Å². The number of nitrogen functional groups attached to an aromatic ring is 1. The van der Waals surface area contributed by atoms with Crippen molar-refractivity contribution in [2.45, 2.75) is 30.7 Å². The lowest BCUT2D eigenvalue weighted by molar-refractivity contribution is -0.120. The van der Waals surface area contributed by atoms with Crippen molar-refractivity contribution >= 4 is 29.3 Å². The highest BCUT2D eigenvalue weighted by Crippen LogP contribution is 2.25. The molecule has 1 atom stereocenters. The number of halogens is 1. The van der Waals surface area contributed by atoms with Gasteiger partial charge in [-0.05, 0) is 44.5 Å². The minimum atomic E-state index is -0.336. The third kappa shape index (κ3) is 5.62. The molecule has 25 heavy (non-hydrogen) atoms. The van der Waals surface area contributed by atoms with Gasteiger partial charge < -0.3 is 15.9 Å². The molecule has 1 aromatic carbocycles. The number of aromatic nitrogens is 3. The number of thioether (sulfide) groups is 1. The van der Waals surface area contributed by atoms with Gasteiger partial charge in [-0.15, -0.1) is 10.2 Å². The van der Waals surface area contributed by atoms with Gasteiger partial charge in [-0.1, -0.05) is 23.4 Å². The first-order valence-electron chi connectivity index (χ1n) is 8.01.